The van der Waals surface area contributed by atoms with Crippen LogP contribution in [0.3, 0.4) is 0 Å². The lowest BCUT2D eigenvalue weighted by Crippen LogP contribution is -2.40. The zero-order chi connectivity index (χ0) is 10.6. The summed E-state index contributed by atoms with van der Waals surface area (Å²) >= 11 is 0. The zero-order valence-electron chi connectivity index (χ0n) is 9.71. The highest BCUT2D eigenvalue weighted by Crippen LogP contribution is 2.53. The van der Waals surface area contributed by atoms with Gasteiger partial charge in [0.2, 0.25) is 0 Å². The fourth-order valence-electron chi connectivity index (χ4n) is 3.39. The summed E-state index contributed by atoms with van der Waals surface area (Å²) in [7, 11) is 0. The minimum Gasteiger partial charge on any atom is -0.396 e. The second kappa shape index (κ2) is 5.31. The van der Waals surface area contributed by atoms with Gasteiger partial charge >= 0.3 is 0 Å². The Morgan fingerprint density at radius 3 is 2.40 bits per heavy atom. The number of ether oxygens (including phenoxy) is 1. The van der Waals surface area contributed by atoms with Crippen LogP contribution in [-0.4, -0.2) is 24.9 Å². The zero-order valence-corrected chi connectivity index (χ0v) is 9.71. The minimum absolute atomic E-state index is 0.365. The summed E-state index contributed by atoms with van der Waals surface area (Å²) in [4.78, 5) is 0. The molecule has 1 aliphatic heterocycles. The first-order valence-corrected chi connectivity index (χ1v) is 6.56. The van der Waals surface area contributed by atoms with E-state index in [0.717, 1.165) is 25.6 Å². The quantitative estimate of drug-likeness (QED) is 0.710. The molecule has 0 bridgehead atoms. The molecule has 0 spiro atoms. The molecule has 1 heterocycles. The monoisotopic (exact) mass is 212 g/mol. The maximum Gasteiger partial charge on any atom is 0.0468 e. The maximum atomic E-state index is 8.84. The lowest BCUT2D eigenvalue weighted by Gasteiger charge is -2.49. The lowest BCUT2D eigenvalue weighted by molar-refractivity contribution is -0.0376. The van der Waals surface area contributed by atoms with Crippen LogP contribution >= 0.6 is 0 Å². The Labute approximate surface area is 93.0 Å². The van der Waals surface area contributed by atoms with Gasteiger partial charge in [0.05, 0.1) is 0 Å². The van der Waals surface area contributed by atoms with Crippen molar-refractivity contribution < 1.29 is 9.84 Å². The summed E-state index contributed by atoms with van der Waals surface area (Å²) < 4.78 is 5.45. The fourth-order valence-corrected chi connectivity index (χ4v) is 3.39. The molecule has 88 valence electrons. The fraction of sp³-hybridized carbons (Fsp3) is 1.00. The van der Waals surface area contributed by atoms with E-state index in [1.807, 2.05) is 0 Å². The molecule has 1 aliphatic carbocycles. The van der Waals surface area contributed by atoms with Crippen molar-refractivity contribution in [2.75, 3.05) is 19.8 Å². The predicted octanol–water partition coefficient (Wildman–Crippen LogP) is 2.75. The van der Waals surface area contributed by atoms with Crippen molar-refractivity contribution in [1.82, 2.24) is 0 Å². The Hall–Kier alpha value is -0.0800. The average molecular weight is 212 g/mol. The largest absolute Gasteiger partial charge is 0.396 e. The second-order valence-electron chi connectivity index (χ2n) is 5.28. The normalized spacial score (nSPS) is 26.2. The highest BCUT2D eigenvalue weighted by Gasteiger charge is 2.43. The van der Waals surface area contributed by atoms with Gasteiger partial charge in [0, 0.05) is 19.8 Å². The Kier molecular flexibility index (Phi) is 4.04. The molecule has 0 amide bonds. The summed E-state index contributed by atoms with van der Waals surface area (Å²) in [5.41, 5.74) is 0.652. The molecular formula is C13H24O2. The van der Waals surface area contributed by atoms with Crippen LogP contribution in [0, 0.1) is 11.3 Å². The van der Waals surface area contributed by atoms with Crippen molar-refractivity contribution in [1.29, 1.82) is 0 Å². The van der Waals surface area contributed by atoms with Crippen molar-refractivity contribution in [2.24, 2.45) is 11.3 Å². The van der Waals surface area contributed by atoms with E-state index < -0.39 is 0 Å². The molecule has 0 aromatic heterocycles. The Balaban J connectivity index is 1.83. The van der Waals surface area contributed by atoms with Crippen LogP contribution in [0.25, 0.3) is 0 Å². The minimum atomic E-state index is 0.365. The second-order valence-corrected chi connectivity index (χ2v) is 5.28. The van der Waals surface area contributed by atoms with Crippen molar-refractivity contribution in [2.45, 2.75) is 51.4 Å². The number of hydrogen-bond acceptors (Lipinski definition) is 2. The van der Waals surface area contributed by atoms with Crippen LogP contribution in [0.5, 0.6) is 0 Å². The molecule has 0 radical (unpaired) electrons. The first-order valence-electron chi connectivity index (χ1n) is 6.56. The van der Waals surface area contributed by atoms with E-state index in [0.29, 0.717) is 12.0 Å². The highest BCUT2D eigenvalue weighted by atomic mass is 16.5. The van der Waals surface area contributed by atoms with Gasteiger partial charge in [-0.2, -0.15) is 0 Å². The summed E-state index contributed by atoms with van der Waals surface area (Å²) in [5.74, 6) is 0.915. The standard InChI is InChI=1S/C13H24O2/c14-9-2-1-6-13(7-3-8-13)12-4-10-15-11-5-12/h12,14H,1-11H2. The number of rotatable bonds is 5. The van der Waals surface area contributed by atoms with Gasteiger partial charge in [0.15, 0.2) is 0 Å². The van der Waals surface area contributed by atoms with E-state index in [4.69, 9.17) is 9.84 Å². The molecule has 1 N–H and O–H groups in total. The molecule has 2 heteroatoms. The molecular weight excluding hydrogens is 188 g/mol. The summed E-state index contributed by atoms with van der Waals surface area (Å²) in [5, 5.41) is 8.84. The summed E-state index contributed by atoms with van der Waals surface area (Å²) in [6.07, 6.45) is 10.4. The van der Waals surface area contributed by atoms with Crippen LogP contribution in [0.15, 0.2) is 0 Å². The van der Waals surface area contributed by atoms with E-state index in [2.05, 4.69) is 0 Å². The van der Waals surface area contributed by atoms with E-state index >= 15 is 0 Å². The first kappa shape index (κ1) is 11.4. The molecule has 1 saturated carbocycles. The van der Waals surface area contributed by atoms with Gasteiger partial charge in [-0.1, -0.05) is 12.8 Å². The van der Waals surface area contributed by atoms with Crippen LogP contribution in [0.4, 0.5) is 0 Å². The van der Waals surface area contributed by atoms with Crippen LogP contribution < -0.4 is 0 Å². The number of unbranched alkanes of at least 4 members (excludes halogenated alkanes) is 1. The number of aliphatic hydroxyl groups excluding tert-OH is 1. The van der Waals surface area contributed by atoms with Gasteiger partial charge in [-0.05, 0) is 49.9 Å². The van der Waals surface area contributed by atoms with Gasteiger partial charge in [0.1, 0.15) is 0 Å². The van der Waals surface area contributed by atoms with Crippen LogP contribution in [-0.2, 0) is 4.74 Å². The molecule has 0 atom stereocenters. The van der Waals surface area contributed by atoms with E-state index in [1.54, 1.807) is 0 Å². The summed E-state index contributed by atoms with van der Waals surface area (Å²) in [6.45, 7) is 2.32. The molecule has 1 saturated heterocycles. The predicted molar refractivity (Wildman–Crippen MR) is 60.8 cm³/mol. The van der Waals surface area contributed by atoms with Crippen molar-refractivity contribution >= 4 is 0 Å². The number of aliphatic hydroxyl groups is 1. The molecule has 2 aliphatic rings. The average Bonchev–Trinajstić information content (AvgIpc) is 2.23. The molecule has 15 heavy (non-hydrogen) atoms. The first-order chi connectivity index (χ1) is 7.37. The van der Waals surface area contributed by atoms with Crippen molar-refractivity contribution in [3.05, 3.63) is 0 Å². The van der Waals surface area contributed by atoms with Gasteiger partial charge < -0.3 is 9.84 Å². The highest BCUT2D eigenvalue weighted by molar-refractivity contribution is 4.93. The number of hydrogen-bond donors (Lipinski definition) is 1. The molecule has 0 aromatic rings. The third-order valence-corrected chi connectivity index (χ3v) is 4.52. The maximum absolute atomic E-state index is 8.84. The molecule has 2 fully saturated rings. The van der Waals surface area contributed by atoms with Gasteiger partial charge in [-0.15, -0.1) is 0 Å². The molecule has 0 unspecified atom stereocenters. The smallest absolute Gasteiger partial charge is 0.0468 e. The van der Waals surface area contributed by atoms with Gasteiger partial charge in [-0.3, -0.25) is 0 Å². The van der Waals surface area contributed by atoms with E-state index in [-0.39, 0.29) is 0 Å². The van der Waals surface area contributed by atoms with Crippen LogP contribution in [0.1, 0.15) is 51.4 Å². The topological polar surface area (TPSA) is 29.5 Å². The van der Waals surface area contributed by atoms with Crippen LogP contribution in [0.2, 0.25) is 0 Å². The van der Waals surface area contributed by atoms with Crippen molar-refractivity contribution in [3.63, 3.8) is 0 Å². The molecule has 0 aromatic carbocycles. The Morgan fingerprint density at radius 1 is 1.13 bits per heavy atom. The van der Waals surface area contributed by atoms with Gasteiger partial charge in [0.25, 0.3) is 0 Å². The third kappa shape index (κ3) is 2.54. The molecule has 2 rings (SSSR count). The Bertz CT molecular complexity index is 181. The van der Waals surface area contributed by atoms with Crippen molar-refractivity contribution in [3.8, 4) is 0 Å². The van der Waals surface area contributed by atoms with E-state index in [1.165, 1.54) is 44.9 Å². The SMILES string of the molecule is OCCCCC1(C2CCOCC2)CCC1. The third-order valence-electron chi connectivity index (χ3n) is 4.52. The lowest BCUT2D eigenvalue weighted by atomic mass is 9.57. The van der Waals surface area contributed by atoms with Gasteiger partial charge in [-0.25, -0.2) is 0 Å². The molecule has 2 nitrogen and oxygen atoms in total. The Morgan fingerprint density at radius 2 is 1.87 bits per heavy atom. The van der Waals surface area contributed by atoms with E-state index in [9.17, 15) is 0 Å². The summed E-state index contributed by atoms with van der Waals surface area (Å²) in [6, 6.07) is 0.